The first kappa shape index (κ1) is 7.97. The smallest absolute Gasteiger partial charge is 0.171 e. The maximum Gasteiger partial charge on any atom is 0.355 e. The molecular weight excluding hydrogens is 166 g/mol. The van der Waals surface area contributed by atoms with Crippen molar-refractivity contribution in [1.82, 2.24) is 0 Å². The number of halogens is 2. The summed E-state index contributed by atoms with van der Waals surface area (Å²) in [6.45, 7) is 0. The van der Waals surface area contributed by atoms with E-state index in [1.54, 1.807) is 0 Å². The number of hydrogen-bond donors (Lipinski definition) is 0. The predicted molar refractivity (Wildman–Crippen MR) is 47.6 cm³/mol. The van der Waals surface area contributed by atoms with Gasteiger partial charge in [-0.1, -0.05) is 35.9 Å². The third-order valence-electron chi connectivity index (χ3n) is 1.23. The summed E-state index contributed by atoms with van der Waals surface area (Å²) in [6.07, 6.45) is 0.726. The lowest BCUT2D eigenvalue weighted by Gasteiger charge is -1.96. The molecule has 0 aliphatic heterocycles. The molecule has 0 radical (unpaired) electrons. The van der Waals surface area contributed by atoms with Crippen LogP contribution >= 0.6 is 22.9 Å². The average Bonchev–Trinajstić information content (AvgIpc) is 1.88. The minimum absolute atomic E-state index is 0.289. The van der Waals surface area contributed by atoms with Crippen molar-refractivity contribution >= 4 is 28.5 Å². The van der Waals surface area contributed by atoms with Crippen LogP contribution < -0.4 is 0 Å². The van der Waals surface area contributed by atoms with E-state index < -0.39 is 0 Å². The van der Waals surface area contributed by atoms with Crippen LogP contribution in [0.2, 0.25) is 0 Å². The largest absolute Gasteiger partial charge is 0.355 e. The van der Waals surface area contributed by atoms with E-state index in [1.807, 2.05) is 30.3 Å². The monoisotopic (exact) mass is 172 g/mol. The van der Waals surface area contributed by atoms with E-state index >= 15 is 0 Å². The molecule has 0 atom stereocenters. The predicted octanol–water partition coefficient (Wildman–Crippen LogP) is 2.73. The summed E-state index contributed by atoms with van der Waals surface area (Å²) < 4.78 is 0. The molecule has 10 heavy (non-hydrogen) atoms. The second kappa shape index (κ2) is 3.90. The van der Waals surface area contributed by atoms with Gasteiger partial charge in [0.2, 0.25) is 0 Å². The Morgan fingerprint density at radius 1 is 1.10 bits per heavy atom. The average molecular weight is 173 g/mol. The Balaban J connectivity index is 2.59. The molecule has 3 heteroatoms. The molecule has 0 amide bonds. The maximum absolute atomic E-state index is 5.58. The molecule has 0 aliphatic carbocycles. The summed E-state index contributed by atoms with van der Waals surface area (Å²) >= 11 is 11.2. The third-order valence-corrected chi connectivity index (χ3v) is 1.54. The van der Waals surface area contributed by atoms with Crippen LogP contribution in [0.15, 0.2) is 30.3 Å². The highest BCUT2D eigenvalue weighted by Gasteiger charge is 2.05. The van der Waals surface area contributed by atoms with Gasteiger partial charge in [0.1, 0.15) is 0 Å². The summed E-state index contributed by atoms with van der Waals surface area (Å²) in [5, 5.41) is 0. The molecule has 0 unspecified atom stereocenters. The van der Waals surface area contributed by atoms with Crippen molar-refractivity contribution in [2.24, 2.45) is 0 Å². The fourth-order valence-electron chi connectivity index (χ4n) is 0.792. The van der Waals surface area contributed by atoms with Crippen molar-refractivity contribution in [2.75, 3.05) is 0 Å². The first-order valence-corrected chi connectivity index (χ1v) is 3.98. The standard InChI is InChI=1S/C7H7BCl2/c9-8(10)6-7-4-2-1-3-5-7/h1-5H,6H2. The third kappa shape index (κ3) is 2.63. The summed E-state index contributed by atoms with van der Waals surface area (Å²) in [4.78, 5) is 0. The van der Waals surface area contributed by atoms with Gasteiger partial charge in [-0.2, -0.15) is 22.9 Å². The Morgan fingerprint density at radius 3 is 2.20 bits per heavy atom. The van der Waals surface area contributed by atoms with Crippen molar-refractivity contribution in [3.05, 3.63) is 35.9 Å². The molecule has 1 aromatic rings. The van der Waals surface area contributed by atoms with Crippen LogP contribution in [0.25, 0.3) is 0 Å². The quantitative estimate of drug-likeness (QED) is 0.603. The minimum Gasteiger partial charge on any atom is -0.171 e. The summed E-state index contributed by atoms with van der Waals surface area (Å²) in [5.41, 5.74) is 0.889. The summed E-state index contributed by atoms with van der Waals surface area (Å²) in [6, 6.07) is 9.95. The van der Waals surface area contributed by atoms with Gasteiger partial charge in [-0.05, 0) is 6.32 Å². The van der Waals surface area contributed by atoms with Gasteiger partial charge in [-0.15, -0.1) is 0 Å². The summed E-state index contributed by atoms with van der Waals surface area (Å²) in [7, 11) is 0. The Bertz CT molecular complexity index is 186. The van der Waals surface area contributed by atoms with Gasteiger partial charge in [-0.3, -0.25) is 0 Å². The molecule has 0 aromatic heterocycles. The van der Waals surface area contributed by atoms with Crippen LogP contribution in [0.5, 0.6) is 0 Å². The minimum atomic E-state index is -0.289. The molecular formula is C7H7BCl2. The molecule has 0 saturated heterocycles. The van der Waals surface area contributed by atoms with E-state index in [4.69, 9.17) is 22.9 Å². The topological polar surface area (TPSA) is 0 Å². The lowest BCUT2D eigenvalue weighted by molar-refractivity contribution is 1.39. The second-order valence-corrected chi connectivity index (χ2v) is 3.36. The molecule has 0 fully saturated rings. The molecule has 0 N–H and O–H groups in total. The van der Waals surface area contributed by atoms with Gasteiger partial charge in [0.25, 0.3) is 0 Å². The molecule has 1 rings (SSSR count). The lowest BCUT2D eigenvalue weighted by Crippen LogP contribution is -1.98. The van der Waals surface area contributed by atoms with Crippen molar-refractivity contribution in [3.63, 3.8) is 0 Å². The highest BCUT2D eigenvalue weighted by atomic mass is 35.5. The highest BCUT2D eigenvalue weighted by molar-refractivity contribution is 7.33. The van der Waals surface area contributed by atoms with Crippen LogP contribution in [-0.2, 0) is 6.32 Å². The molecule has 0 heterocycles. The number of hydrogen-bond acceptors (Lipinski definition) is 0. The molecule has 0 bridgehead atoms. The fourth-order valence-corrected chi connectivity index (χ4v) is 1.15. The highest BCUT2D eigenvalue weighted by Crippen LogP contribution is 2.06. The van der Waals surface area contributed by atoms with Crippen LogP contribution in [0.3, 0.4) is 0 Å². The van der Waals surface area contributed by atoms with E-state index in [1.165, 1.54) is 5.56 Å². The zero-order chi connectivity index (χ0) is 7.40. The van der Waals surface area contributed by atoms with Crippen LogP contribution in [-0.4, -0.2) is 5.54 Å². The molecule has 0 spiro atoms. The van der Waals surface area contributed by atoms with Gasteiger partial charge in [0.05, 0.1) is 0 Å². The van der Waals surface area contributed by atoms with Crippen LogP contribution in [0.4, 0.5) is 0 Å². The van der Waals surface area contributed by atoms with Gasteiger partial charge in [-0.25, -0.2) is 0 Å². The van der Waals surface area contributed by atoms with Gasteiger partial charge >= 0.3 is 5.54 Å². The van der Waals surface area contributed by atoms with Crippen molar-refractivity contribution in [1.29, 1.82) is 0 Å². The van der Waals surface area contributed by atoms with E-state index in [0.29, 0.717) is 0 Å². The molecule has 52 valence electrons. The zero-order valence-corrected chi connectivity index (χ0v) is 6.94. The Morgan fingerprint density at radius 2 is 1.70 bits per heavy atom. The van der Waals surface area contributed by atoms with Gasteiger partial charge < -0.3 is 0 Å². The molecule has 0 aliphatic rings. The van der Waals surface area contributed by atoms with Gasteiger partial charge in [0, 0.05) is 0 Å². The first-order chi connectivity index (χ1) is 4.79. The van der Waals surface area contributed by atoms with E-state index in [0.717, 1.165) is 6.32 Å². The lowest BCUT2D eigenvalue weighted by atomic mass is 9.94. The maximum atomic E-state index is 5.58. The normalized spacial score (nSPS) is 9.40. The van der Waals surface area contributed by atoms with E-state index in [-0.39, 0.29) is 5.54 Å². The fraction of sp³-hybridized carbons (Fsp3) is 0.143. The summed E-state index contributed by atoms with van der Waals surface area (Å²) in [5.74, 6) is 0. The van der Waals surface area contributed by atoms with Crippen LogP contribution in [0, 0.1) is 0 Å². The van der Waals surface area contributed by atoms with E-state index in [2.05, 4.69) is 0 Å². The molecule has 1 aromatic carbocycles. The number of rotatable bonds is 2. The van der Waals surface area contributed by atoms with Crippen LogP contribution in [0.1, 0.15) is 5.56 Å². The van der Waals surface area contributed by atoms with Crippen molar-refractivity contribution < 1.29 is 0 Å². The molecule has 0 saturated carbocycles. The SMILES string of the molecule is ClB(Cl)Cc1ccccc1. The second-order valence-electron chi connectivity index (χ2n) is 2.08. The van der Waals surface area contributed by atoms with Crippen molar-refractivity contribution in [2.45, 2.75) is 6.32 Å². The molecule has 0 nitrogen and oxygen atoms in total. The zero-order valence-electron chi connectivity index (χ0n) is 5.43. The Kier molecular flexibility index (Phi) is 3.10. The Labute approximate surface area is 71.1 Å². The van der Waals surface area contributed by atoms with Gasteiger partial charge in [0.15, 0.2) is 0 Å². The van der Waals surface area contributed by atoms with E-state index in [9.17, 15) is 0 Å². The number of benzene rings is 1. The first-order valence-electron chi connectivity index (χ1n) is 3.11. The van der Waals surface area contributed by atoms with Crippen molar-refractivity contribution in [3.8, 4) is 0 Å². The Hall–Kier alpha value is -0.135.